The highest BCUT2D eigenvalue weighted by Crippen LogP contribution is 2.38. The molecule has 3 aromatic rings. The smallest absolute Gasteiger partial charge is 0.233 e. The highest BCUT2D eigenvalue weighted by atomic mass is 16.3. The first-order valence-corrected chi connectivity index (χ1v) is 10.2. The minimum Gasteiger partial charge on any atom is -0.456 e. The molecular formula is C23H22N2O4. The van der Waals surface area contributed by atoms with Crippen molar-refractivity contribution < 1.29 is 18.8 Å². The van der Waals surface area contributed by atoms with Gasteiger partial charge in [-0.2, -0.15) is 0 Å². The van der Waals surface area contributed by atoms with Crippen molar-refractivity contribution in [3.63, 3.8) is 0 Å². The van der Waals surface area contributed by atoms with Gasteiger partial charge in [-0.3, -0.25) is 19.3 Å². The Balaban J connectivity index is 1.27. The predicted molar refractivity (Wildman–Crippen MR) is 109 cm³/mol. The van der Waals surface area contributed by atoms with Gasteiger partial charge in [0.15, 0.2) is 0 Å². The molecule has 2 aromatic carbocycles. The third-order valence-electron chi connectivity index (χ3n) is 6.16. The molecule has 2 unspecified atom stereocenters. The molecule has 29 heavy (non-hydrogen) atoms. The lowest BCUT2D eigenvalue weighted by molar-refractivity contribution is -0.140. The highest BCUT2D eigenvalue weighted by Gasteiger charge is 2.47. The van der Waals surface area contributed by atoms with Gasteiger partial charge in [0, 0.05) is 29.4 Å². The van der Waals surface area contributed by atoms with Crippen LogP contribution in [0, 0.1) is 11.8 Å². The molecule has 2 aliphatic rings. The number of fused-ring (bicyclic) bond motifs is 4. The minimum absolute atomic E-state index is 0.0983. The molecule has 0 spiro atoms. The predicted octanol–water partition coefficient (Wildman–Crippen LogP) is 4.09. The summed E-state index contributed by atoms with van der Waals surface area (Å²) in [6, 6.07) is 13.3. The van der Waals surface area contributed by atoms with Gasteiger partial charge in [0.05, 0.1) is 11.8 Å². The van der Waals surface area contributed by atoms with Crippen LogP contribution in [0.4, 0.5) is 5.69 Å². The van der Waals surface area contributed by atoms with Crippen LogP contribution in [0.5, 0.6) is 0 Å². The van der Waals surface area contributed by atoms with E-state index < -0.39 is 0 Å². The lowest BCUT2D eigenvalue weighted by Gasteiger charge is -2.19. The van der Waals surface area contributed by atoms with Crippen LogP contribution in [0.3, 0.4) is 0 Å². The third-order valence-corrected chi connectivity index (χ3v) is 6.16. The largest absolute Gasteiger partial charge is 0.456 e. The molecule has 2 atom stereocenters. The van der Waals surface area contributed by atoms with Crippen molar-refractivity contribution in [2.24, 2.45) is 11.8 Å². The number of hydrogen-bond donors (Lipinski definition) is 1. The minimum atomic E-state index is -0.215. The number of imide groups is 1. The summed E-state index contributed by atoms with van der Waals surface area (Å²) in [4.78, 5) is 38.8. The molecule has 148 valence electrons. The van der Waals surface area contributed by atoms with E-state index >= 15 is 0 Å². The summed E-state index contributed by atoms with van der Waals surface area (Å²) < 4.78 is 5.80. The lowest BCUT2D eigenvalue weighted by Crippen LogP contribution is -2.34. The van der Waals surface area contributed by atoms with E-state index in [1.54, 1.807) is 6.07 Å². The Morgan fingerprint density at radius 3 is 2.41 bits per heavy atom. The van der Waals surface area contributed by atoms with Crippen LogP contribution in [0.2, 0.25) is 0 Å². The van der Waals surface area contributed by atoms with Gasteiger partial charge in [-0.15, -0.1) is 0 Å². The van der Waals surface area contributed by atoms with Crippen LogP contribution < -0.4 is 5.32 Å². The first kappa shape index (κ1) is 17.9. The van der Waals surface area contributed by atoms with Crippen molar-refractivity contribution in [1.82, 2.24) is 4.90 Å². The van der Waals surface area contributed by atoms with Crippen molar-refractivity contribution in [1.29, 1.82) is 0 Å². The number of hydrogen-bond acceptors (Lipinski definition) is 4. The average molecular weight is 390 g/mol. The van der Waals surface area contributed by atoms with Gasteiger partial charge in [0.1, 0.15) is 11.2 Å². The normalized spacial score (nSPS) is 21.7. The number of carbonyl (C=O) groups is 3. The Labute approximate surface area is 167 Å². The van der Waals surface area contributed by atoms with Crippen molar-refractivity contribution >= 4 is 45.3 Å². The first-order chi connectivity index (χ1) is 14.1. The van der Waals surface area contributed by atoms with E-state index in [2.05, 4.69) is 5.32 Å². The summed E-state index contributed by atoms with van der Waals surface area (Å²) >= 11 is 0. The monoisotopic (exact) mass is 390 g/mol. The summed E-state index contributed by atoms with van der Waals surface area (Å²) in [5.41, 5.74) is 2.24. The molecule has 5 rings (SSSR count). The average Bonchev–Trinajstić information content (AvgIpc) is 3.22. The summed E-state index contributed by atoms with van der Waals surface area (Å²) in [5.74, 6) is -0.752. The maximum atomic E-state index is 12.5. The first-order valence-electron chi connectivity index (χ1n) is 10.2. The van der Waals surface area contributed by atoms with E-state index in [-0.39, 0.29) is 42.5 Å². The summed E-state index contributed by atoms with van der Waals surface area (Å²) in [7, 11) is 0. The molecule has 1 N–H and O–H groups in total. The lowest BCUT2D eigenvalue weighted by atomic mass is 9.81. The summed E-state index contributed by atoms with van der Waals surface area (Å²) in [6.07, 6.45) is 3.67. The number of nitrogens with zero attached hydrogens (tertiary/aromatic N) is 1. The van der Waals surface area contributed by atoms with E-state index in [1.807, 2.05) is 36.4 Å². The fourth-order valence-electron chi connectivity index (χ4n) is 4.69. The van der Waals surface area contributed by atoms with Gasteiger partial charge in [0.2, 0.25) is 17.7 Å². The molecule has 2 fully saturated rings. The zero-order valence-corrected chi connectivity index (χ0v) is 16.0. The highest BCUT2D eigenvalue weighted by molar-refractivity contribution is 6.07. The van der Waals surface area contributed by atoms with E-state index in [4.69, 9.17) is 4.42 Å². The zero-order valence-electron chi connectivity index (χ0n) is 16.0. The second-order valence-corrected chi connectivity index (χ2v) is 7.93. The van der Waals surface area contributed by atoms with Gasteiger partial charge < -0.3 is 9.73 Å². The maximum Gasteiger partial charge on any atom is 0.233 e. The number of benzene rings is 2. The second-order valence-electron chi connectivity index (χ2n) is 7.93. The molecular weight excluding hydrogens is 368 g/mol. The van der Waals surface area contributed by atoms with E-state index in [1.165, 1.54) is 4.90 Å². The van der Waals surface area contributed by atoms with E-state index in [0.717, 1.165) is 47.6 Å². The van der Waals surface area contributed by atoms with Gasteiger partial charge >= 0.3 is 0 Å². The van der Waals surface area contributed by atoms with Crippen molar-refractivity contribution in [2.75, 3.05) is 11.9 Å². The Hall–Kier alpha value is -3.15. The number of amides is 3. The molecule has 2 heterocycles. The zero-order chi connectivity index (χ0) is 20.0. The van der Waals surface area contributed by atoms with Crippen LogP contribution in [-0.4, -0.2) is 29.2 Å². The fraction of sp³-hybridized carbons (Fsp3) is 0.348. The molecule has 1 aromatic heterocycles. The fourth-order valence-corrected chi connectivity index (χ4v) is 4.69. The Bertz CT molecular complexity index is 1110. The number of nitrogens with one attached hydrogen (secondary N) is 1. The second kappa shape index (κ2) is 7.03. The molecule has 6 nitrogen and oxygen atoms in total. The molecule has 1 aliphatic heterocycles. The standard InChI is InChI=1S/C23H22N2O4/c26-21(11-12-25-22(27)16-6-1-2-7-17(16)23(25)28)24-14-9-10-20-18(13-14)15-5-3-4-8-19(15)29-20/h3-5,8-10,13,16-17H,1-2,6-7,11-12H2,(H,24,26). The summed E-state index contributed by atoms with van der Waals surface area (Å²) in [6.45, 7) is 0.146. The maximum absolute atomic E-state index is 12.5. The number of para-hydroxylation sites is 1. The van der Waals surface area contributed by atoms with Crippen molar-refractivity contribution in [2.45, 2.75) is 32.1 Å². The number of rotatable bonds is 4. The van der Waals surface area contributed by atoms with Gasteiger partial charge in [-0.05, 0) is 37.1 Å². The molecule has 0 radical (unpaired) electrons. The van der Waals surface area contributed by atoms with Crippen LogP contribution in [-0.2, 0) is 14.4 Å². The molecule has 3 amide bonds. The van der Waals surface area contributed by atoms with Gasteiger partial charge in [0.25, 0.3) is 0 Å². The molecule has 1 saturated carbocycles. The quantitative estimate of drug-likeness (QED) is 0.681. The van der Waals surface area contributed by atoms with Gasteiger partial charge in [-0.1, -0.05) is 31.0 Å². The molecule has 0 bridgehead atoms. The third kappa shape index (κ3) is 3.09. The molecule has 6 heteroatoms. The Morgan fingerprint density at radius 2 is 1.66 bits per heavy atom. The Morgan fingerprint density at radius 1 is 0.966 bits per heavy atom. The summed E-state index contributed by atoms with van der Waals surface area (Å²) in [5, 5.41) is 4.81. The van der Waals surface area contributed by atoms with E-state index in [9.17, 15) is 14.4 Å². The Kier molecular flexibility index (Phi) is 4.34. The van der Waals surface area contributed by atoms with Crippen LogP contribution in [0.1, 0.15) is 32.1 Å². The van der Waals surface area contributed by atoms with Crippen LogP contribution in [0.25, 0.3) is 21.9 Å². The number of carbonyl (C=O) groups excluding carboxylic acids is 3. The number of likely N-dealkylation sites (tertiary alicyclic amines) is 1. The molecule has 1 aliphatic carbocycles. The number of furan rings is 1. The topological polar surface area (TPSA) is 79.6 Å². The SMILES string of the molecule is O=C(CCN1C(=O)C2CCCCC2C1=O)Nc1ccc2oc3ccccc3c2c1. The molecule has 1 saturated heterocycles. The number of anilines is 1. The van der Waals surface area contributed by atoms with Crippen LogP contribution in [0.15, 0.2) is 46.9 Å². The van der Waals surface area contributed by atoms with E-state index in [0.29, 0.717) is 5.69 Å². The van der Waals surface area contributed by atoms with Crippen LogP contribution >= 0.6 is 0 Å². The van der Waals surface area contributed by atoms with Crippen molar-refractivity contribution in [3.8, 4) is 0 Å². The van der Waals surface area contributed by atoms with Gasteiger partial charge in [-0.25, -0.2) is 0 Å². The van der Waals surface area contributed by atoms with Crippen molar-refractivity contribution in [3.05, 3.63) is 42.5 Å².